The Hall–Kier alpha value is -2.94. The van der Waals surface area contributed by atoms with E-state index in [9.17, 15) is 23.1 Å². The molecule has 1 saturated heterocycles. The number of thioether (sulfide) groups is 1. The number of aliphatic imine (C=N–C) groups is 1. The highest BCUT2D eigenvalue weighted by Crippen LogP contribution is 2.37. The van der Waals surface area contributed by atoms with Crippen molar-refractivity contribution in [3.05, 3.63) is 58.5 Å². The Bertz CT molecular complexity index is 971. The number of aromatic hydroxyl groups is 1. The van der Waals surface area contributed by atoms with Gasteiger partial charge in [0.25, 0.3) is 5.91 Å². The summed E-state index contributed by atoms with van der Waals surface area (Å²) >= 11 is 0.931. The molecule has 146 valence electrons. The quantitative estimate of drug-likeness (QED) is 0.720. The summed E-state index contributed by atoms with van der Waals surface area (Å²) < 4.78 is 44.6. The number of alkyl halides is 3. The van der Waals surface area contributed by atoms with E-state index < -0.39 is 17.6 Å². The number of benzene rings is 2. The predicted octanol–water partition coefficient (Wildman–Crippen LogP) is 4.70. The van der Waals surface area contributed by atoms with Crippen LogP contribution in [-0.4, -0.2) is 22.8 Å². The van der Waals surface area contributed by atoms with Crippen LogP contribution < -0.4 is 10.1 Å². The summed E-state index contributed by atoms with van der Waals surface area (Å²) in [6.07, 6.45) is -3.01. The van der Waals surface area contributed by atoms with Crippen molar-refractivity contribution in [3.8, 4) is 11.5 Å². The number of halogens is 3. The van der Waals surface area contributed by atoms with Crippen molar-refractivity contribution in [2.45, 2.75) is 13.1 Å². The minimum absolute atomic E-state index is 0.0291. The van der Waals surface area contributed by atoms with Crippen LogP contribution in [0.2, 0.25) is 0 Å². The summed E-state index contributed by atoms with van der Waals surface area (Å²) in [6, 6.07) is 9.48. The number of phenolic OH excluding ortho intramolecular Hbond substituents is 1. The van der Waals surface area contributed by atoms with E-state index in [1.54, 1.807) is 25.1 Å². The van der Waals surface area contributed by atoms with Gasteiger partial charge in [0.1, 0.15) is 0 Å². The summed E-state index contributed by atoms with van der Waals surface area (Å²) in [5.74, 6) is -0.230. The molecule has 1 aliphatic rings. The second-order valence-electron chi connectivity index (χ2n) is 5.66. The Morgan fingerprint density at radius 3 is 2.71 bits per heavy atom. The zero-order valence-electron chi connectivity index (χ0n) is 14.6. The molecule has 0 aromatic heterocycles. The zero-order valence-corrected chi connectivity index (χ0v) is 15.4. The Morgan fingerprint density at radius 1 is 1.25 bits per heavy atom. The van der Waals surface area contributed by atoms with Crippen molar-refractivity contribution in [2.75, 3.05) is 6.61 Å². The topological polar surface area (TPSA) is 70.9 Å². The maximum absolute atomic E-state index is 13.1. The fraction of sp³-hybridized carbons (Fsp3) is 0.158. The molecule has 0 atom stereocenters. The number of rotatable bonds is 4. The van der Waals surface area contributed by atoms with E-state index >= 15 is 0 Å². The number of hydrogen-bond donors (Lipinski definition) is 2. The number of para-hydroxylation sites is 1. The average Bonchev–Trinajstić information content (AvgIpc) is 2.96. The maximum atomic E-state index is 13.1. The van der Waals surface area contributed by atoms with Crippen LogP contribution in [-0.2, 0) is 11.0 Å². The van der Waals surface area contributed by atoms with Crippen molar-refractivity contribution in [2.24, 2.45) is 4.99 Å². The van der Waals surface area contributed by atoms with Gasteiger partial charge in [-0.1, -0.05) is 18.2 Å². The smallest absolute Gasteiger partial charge is 0.418 e. The van der Waals surface area contributed by atoms with Crippen molar-refractivity contribution < 1.29 is 27.8 Å². The van der Waals surface area contributed by atoms with Crippen LogP contribution in [0.25, 0.3) is 6.08 Å². The Balaban J connectivity index is 1.88. The number of carbonyl (C=O) groups excluding carboxylic acids is 1. The third kappa shape index (κ3) is 4.48. The van der Waals surface area contributed by atoms with Gasteiger partial charge in [0.05, 0.1) is 22.8 Å². The molecular formula is C19H15F3N2O3S. The van der Waals surface area contributed by atoms with Gasteiger partial charge in [-0.25, -0.2) is 4.99 Å². The minimum Gasteiger partial charge on any atom is -0.504 e. The highest BCUT2D eigenvalue weighted by molar-refractivity contribution is 8.18. The Labute approximate surface area is 162 Å². The fourth-order valence-electron chi connectivity index (χ4n) is 2.44. The summed E-state index contributed by atoms with van der Waals surface area (Å²) in [6.45, 7) is 2.13. The fourth-order valence-corrected chi connectivity index (χ4v) is 3.28. The molecule has 2 aromatic rings. The second kappa shape index (κ2) is 7.97. The number of nitrogens with zero attached hydrogens (tertiary/aromatic N) is 1. The van der Waals surface area contributed by atoms with Crippen LogP contribution in [0, 0.1) is 0 Å². The average molecular weight is 408 g/mol. The first-order valence-corrected chi connectivity index (χ1v) is 9.01. The zero-order chi connectivity index (χ0) is 20.3. The summed E-state index contributed by atoms with van der Waals surface area (Å²) in [5, 5.41) is 12.2. The second-order valence-corrected chi connectivity index (χ2v) is 6.69. The number of amides is 1. The van der Waals surface area contributed by atoms with Crippen LogP contribution in [0.1, 0.15) is 18.1 Å². The van der Waals surface area contributed by atoms with Crippen LogP contribution in [0.4, 0.5) is 18.9 Å². The van der Waals surface area contributed by atoms with Crippen LogP contribution in [0.3, 0.4) is 0 Å². The van der Waals surface area contributed by atoms with Crippen LogP contribution in [0.15, 0.2) is 52.4 Å². The van der Waals surface area contributed by atoms with Crippen molar-refractivity contribution in [1.29, 1.82) is 0 Å². The van der Waals surface area contributed by atoms with Gasteiger partial charge in [0.15, 0.2) is 16.7 Å². The normalized spacial score (nSPS) is 17.2. The Kier molecular flexibility index (Phi) is 5.64. The molecule has 2 aromatic carbocycles. The first kappa shape index (κ1) is 19.8. The minimum atomic E-state index is -4.55. The van der Waals surface area contributed by atoms with E-state index in [1.807, 2.05) is 0 Å². The van der Waals surface area contributed by atoms with Gasteiger partial charge >= 0.3 is 6.18 Å². The van der Waals surface area contributed by atoms with Gasteiger partial charge in [-0.05, 0) is 54.6 Å². The molecule has 5 nitrogen and oxygen atoms in total. The van der Waals surface area contributed by atoms with Gasteiger partial charge in [-0.3, -0.25) is 4.79 Å². The molecule has 1 heterocycles. The number of hydrogen-bond acceptors (Lipinski definition) is 5. The lowest BCUT2D eigenvalue weighted by Gasteiger charge is -2.09. The van der Waals surface area contributed by atoms with E-state index in [1.165, 1.54) is 24.3 Å². The first-order valence-electron chi connectivity index (χ1n) is 8.19. The molecule has 0 saturated carbocycles. The summed E-state index contributed by atoms with van der Waals surface area (Å²) in [5.41, 5.74) is -0.562. The highest BCUT2D eigenvalue weighted by Gasteiger charge is 2.34. The molecule has 0 bridgehead atoms. The molecule has 1 fully saturated rings. The van der Waals surface area contributed by atoms with Crippen LogP contribution >= 0.6 is 11.8 Å². The lowest BCUT2D eigenvalue weighted by molar-refractivity contribution is -0.137. The first-order chi connectivity index (χ1) is 13.3. The number of amidine groups is 1. The number of phenols is 1. The van der Waals surface area contributed by atoms with Gasteiger partial charge in [-0.2, -0.15) is 13.2 Å². The number of carbonyl (C=O) groups is 1. The van der Waals surface area contributed by atoms with Crippen LogP contribution in [0.5, 0.6) is 11.5 Å². The third-order valence-electron chi connectivity index (χ3n) is 3.66. The molecule has 0 aliphatic carbocycles. The maximum Gasteiger partial charge on any atom is 0.418 e. The largest absolute Gasteiger partial charge is 0.504 e. The SMILES string of the molecule is CCOc1cc(/C=C2\SC(=Nc3ccccc3C(F)(F)F)NC2=O)ccc1O. The lowest BCUT2D eigenvalue weighted by Crippen LogP contribution is -2.19. The third-order valence-corrected chi connectivity index (χ3v) is 4.57. The molecule has 3 rings (SSSR count). The molecule has 9 heteroatoms. The van der Waals surface area contributed by atoms with Gasteiger partial charge in [0.2, 0.25) is 0 Å². The summed E-state index contributed by atoms with van der Waals surface area (Å²) in [4.78, 5) is 16.4. The molecule has 0 spiro atoms. The summed E-state index contributed by atoms with van der Waals surface area (Å²) in [7, 11) is 0. The van der Waals surface area contributed by atoms with E-state index in [2.05, 4.69) is 10.3 Å². The molecule has 1 amide bonds. The van der Waals surface area contributed by atoms with Gasteiger partial charge in [0, 0.05) is 0 Å². The predicted molar refractivity (Wildman–Crippen MR) is 102 cm³/mol. The van der Waals surface area contributed by atoms with Crippen molar-refractivity contribution in [3.63, 3.8) is 0 Å². The van der Waals surface area contributed by atoms with E-state index in [0.717, 1.165) is 17.8 Å². The number of nitrogens with one attached hydrogen (secondary N) is 1. The highest BCUT2D eigenvalue weighted by atomic mass is 32.2. The molecule has 2 N–H and O–H groups in total. The monoisotopic (exact) mass is 408 g/mol. The van der Waals surface area contributed by atoms with Crippen molar-refractivity contribution in [1.82, 2.24) is 5.32 Å². The van der Waals surface area contributed by atoms with Gasteiger partial charge < -0.3 is 15.2 Å². The van der Waals surface area contributed by atoms with E-state index in [0.29, 0.717) is 12.2 Å². The van der Waals surface area contributed by atoms with E-state index in [4.69, 9.17) is 4.74 Å². The molecule has 1 aliphatic heterocycles. The molecule has 0 radical (unpaired) electrons. The molecular weight excluding hydrogens is 393 g/mol. The number of ether oxygens (including phenoxy) is 1. The molecule has 28 heavy (non-hydrogen) atoms. The lowest BCUT2D eigenvalue weighted by atomic mass is 10.2. The molecule has 0 unspecified atom stereocenters. The Morgan fingerprint density at radius 2 is 2.00 bits per heavy atom. The van der Waals surface area contributed by atoms with E-state index in [-0.39, 0.29) is 27.3 Å². The van der Waals surface area contributed by atoms with Crippen molar-refractivity contribution >= 4 is 34.6 Å². The van der Waals surface area contributed by atoms with Gasteiger partial charge in [-0.15, -0.1) is 0 Å². The standard InChI is InChI=1S/C19H15F3N2O3S/c1-2-27-15-9-11(7-8-14(15)25)10-16-17(26)24-18(28-16)23-13-6-4-3-5-12(13)19(20,21)22/h3-10,25H,2H2,1H3,(H,23,24,26)/b16-10-.